The molecule has 0 saturated heterocycles. The van der Waals surface area contributed by atoms with Gasteiger partial charge in [-0.2, -0.15) is 13.2 Å². The van der Waals surface area contributed by atoms with E-state index < -0.39 is 40.0 Å². The Kier molecular flexibility index (Phi) is 5.52. The van der Waals surface area contributed by atoms with Gasteiger partial charge in [0.1, 0.15) is 5.82 Å². The zero-order valence-corrected chi connectivity index (χ0v) is 12.4. The number of halogens is 4. The van der Waals surface area contributed by atoms with Crippen molar-refractivity contribution in [2.45, 2.75) is 25.2 Å². The van der Waals surface area contributed by atoms with Crippen LogP contribution in [-0.2, 0) is 14.8 Å². The Morgan fingerprint density at radius 3 is 2.09 bits per heavy atom. The first kappa shape index (κ1) is 18.4. The second kappa shape index (κ2) is 6.61. The monoisotopic (exact) mass is 342 g/mol. The number of amides is 1. The summed E-state index contributed by atoms with van der Waals surface area (Å²) in [5.74, 6) is -1.87. The van der Waals surface area contributed by atoms with Crippen molar-refractivity contribution in [1.29, 1.82) is 0 Å². The molecule has 0 bridgehead atoms. The summed E-state index contributed by atoms with van der Waals surface area (Å²) in [5.41, 5.74) is -0.367. The van der Waals surface area contributed by atoms with Crippen LogP contribution in [0.4, 0.5) is 17.6 Å². The molecule has 1 amide bonds. The van der Waals surface area contributed by atoms with E-state index in [9.17, 15) is 30.8 Å². The summed E-state index contributed by atoms with van der Waals surface area (Å²) in [4.78, 5) is 11.7. The highest BCUT2D eigenvalue weighted by Gasteiger charge is 2.42. The molecule has 5 nitrogen and oxygen atoms in total. The maximum absolute atomic E-state index is 13.0. The molecule has 22 heavy (non-hydrogen) atoms. The molecule has 0 radical (unpaired) electrons. The first-order valence-electron chi connectivity index (χ1n) is 6.00. The number of sulfonamides is 1. The van der Waals surface area contributed by atoms with Gasteiger partial charge in [0.25, 0.3) is 0 Å². The van der Waals surface area contributed by atoms with Crippen LogP contribution in [0.5, 0.6) is 0 Å². The summed E-state index contributed by atoms with van der Waals surface area (Å²) in [6.45, 7) is 1.11. The highest BCUT2D eigenvalue weighted by Crippen LogP contribution is 2.32. The van der Waals surface area contributed by atoms with Crippen LogP contribution in [0, 0.1) is 5.82 Å². The molecule has 124 valence electrons. The largest absolute Gasteiger partial charge is 0.412 e. The predicted octanol–water partition coefficient (Wildman–Crippen LogP) is 1.48. The Morgan fingerprint density at radius 1 is 1.18 bits per heavy atom. The van der Waals surface area contributed by atoms with Gasteiger partial charge in [0.15, 0.2) is 6.04 Å². The fourth-order valence-electron chi connectivity index (χ4n) is 1.65. The van der Waals surface area contributed by atoms with Gasteiger partial charge in [-0.25, -0.2) is 17.5 Å². The quantitative estimate of drug-likeness (QED) is 0.796. The van der Waals surface area contributed by atoms with E-state index in [0.29, 0.717) is 0 Å². The summed E-state index contributed by atoms with van der Waals surface area (Å²) in [7, 11) is -3.75. The summed E-state index contributed by atoms with van der Waals surface area (Å²) in [5, 5.41) is 1.70. The van der Waals surface area contributed by atoms with Crippen molar-refractivity contribution in [1.82, 2.24) is 10.0 Å². The normalized spacial score (nSPS) is 15.2. The molecule has 0 fully saturated rings. The van der Waals surface area contributed by atoms with E-state index in [-0.39, 0.29) is 5.56 Å². The predicted molar refractivity (Wildman–Crippen MR) is 70.8 cm³/mol. The van der Waals surface area contributed by atoms with Gasteiger partial charge in [0.2, 0.25) is 15.9 Å². The topological polar surface area (TPSA) is 75.3 Å². The van der Waals surface area contributed by atoms with E-state index in [1.807, 2.05) is 4.72 Å². The lowest BCUT2D eigenvalue weighted by atomic mass is 10.1. The average Bonchev–Trinajstić information content (AvgIpc) is 2.33. The highest BCUT2D eigenvalue weighted by atomic mass is 32.2. The molecule has 0 saturated carbocycles. The SMILES string of the molecule is C[C@H](NS(C)(=O)=O)C(=O)N[C@H](c1ccc(F)cc1)C(F)(F)F. The number of alkyl halides is 3. The molecule has 0 unspecified atom stereocenters. The third-order valence-electron chi connectivity index (χ3n) is 2.60. The number of hydrogen-bond donors (Lipinski definition) is 2. The number of rotatable bonds is 5. The van der Waals surface area contributed by atoms with Crippen molar-refractivity contribution in [3.8, 4) is 0 Å². The van der Waals surface area contributed by atoms with Crippen molar-refractivity contribution < 1.29 is 30.8 Å². The van der Waals surface area contributed by atoms with Crippen LogP contribution in [-0.4, -0.2) is 32.8 Å². The molecule has 10 heteroatoms. The molecule has 1 aromatic carbocycles. The first-order chi connectivity index (χ1) is 9.90. The van der Waals surface area contributed by atoms with Crippen molar-refractivity contribution >= 4 is 15.9 Å². The van der Waals surface area contributed by atoms with Gasteiger partial charge >= 0.3 is 6.18 Å². The van der Waals surface area contributed by atoms with Crippen molar-refractivity contribution in [3.05, 3.63) is 35.6 Å². The smallest absolute Gasteiger partial charge is 0.339 e. The van der Waals surface area contributed by atoms with Crippen LogP contribution < -0.4 is 10.0 Å². The molecule has 2 atom stereocenters. The number of carbonyl (C=O) groups excluding carboxylic acids is 1. The van der Waals surface area contributed by atoms with E-state index in [1.54, 1.807) is 5.32 Å². The van der Waals surface area contributed by atoms with E-state index >= 15 is 0 Å². The Bertz CT molecular complexity index is 629. The van der Waals surface area contributed by atoms with Gasteiger partial charge < -0.3 is 5.32 Å². The number of benzene rings is 1. The lowest BCUT2D eigenvalue weighted by Gasteiger charge is -2.24. The van der Waals surface area contributed by atoms with E-state index in [2.05, 4.69) is 0 Å². The Balaban J connectivity index is 2.96. The van der Waals surface area contributed by atoms with Crippen LogP contribution in [0.1, 0.15) is 18.5 Å². The summed E-state index contributed by atoms with van der Waals surface area (Å²) >= 11 is 0. The van der Waals surface area contributed by atoms with E-state index in [4.69, 9.17) is 0 Å². The Morgan fingerprint density at radius 2 is 1.68 bits per heavy atom. The summed E-state index contributed by atoms with van der Waals surface area (Å²) in [6, 6.07) is -0.313. The minimum atomic E-state index is -4.82. The number of hydrogen-bond acceptors (Lipinski definition) is 3. The fraction of sp³-hybridized carbons (Fsp3) is 0.417. The van der Waals surface area contributed by atoms with Gasteiger partial charge in [-0.3, -0.25) is 4.79 Å². The molecule has 1 rings (SSSR count). The van der Waals surface area contributed by atoms with Crippen LogP contribution in [0.3, 0.4) is 0 Å². The lowest BCUT2D eigenvalue weighted by Crippen LogP contribution is -2.48. The molecular weight excluding hydrogens is 328 g/mol. The average molecular weight is 342 g/mol. The van der Waals surface area contributed by atoms with Crippen LogP contribution in [0.25, 0.3) is 0 Å². The molecule has 0 aromatic heterocycles. The zero-order valence-electron chi connectivity index (χ0n) is 11.6. The maximum Gasteiger partial charge on any atom is 0.412 e. The Hall–Kier alpha value is -1.68. The molecule has 0 aliphatic rings. The van der Waals surface area contributed by atoms with Gasteiger partial charge in [-0.05, 0) is 24.6 Å². The number of nitrogens with one attached hydrogen (secondary N) is 2. The summed E-state index contributed by atoms with van der Waals surface area (Å²) < 4.78 is 75.7. The number of carbonyl (C=O) groups is 1. The zero-order chi connectivity index (χ0) is 17.1. The minimum absolute atomic E-state index is 0.367. The second-order valence-electron chi connectivity index (χ2n) is 4.65. The van der Waals surface area contributed by atoms with Crippen LogP contribution in [0.15, 0.2) is 24.3 Å². The van der Waals surface area contributed by atoms with Crippen molar-refractivity contribution in [2.24, 2.45) is 0 Å². The van der Waals surface area contributed by atoms with Gasteiger partial charge in [0, 0.05) is 0 Å². The van der Waals surface area contributed by atoms with Crippen molar-refractivity contribution in [2.75, 3.05) is 6.26 Å². The Labute approximate surface area is 124 Å². The molecule has 0 spiro atoms. The molecule has 0 aliphatic carbocycles. The van der Waals surface area contributed by atoms with Gasteiger partial charge in [0.05, 0.1) is 12.3 Å². The second-order valence-corrected chi connectivity index (χ2v) is 6.43. The maximum atomic E-state index is 13.0. The third-order valence-corrected chi connectivity index (χ3v) is 3.38. The molecule has 0 aliphatic heterocycles. The van der Waals surface area contributed by atoms with E-state index in [1.165, 1.54) is 0 Å². The summed E-state index contributed by atoms with van der Waals surface area (Å²) in [6.07, 6.45) is -4.05. The van der Waals surface area contributed by atoms with Crippen LogP contribution >= 0.6 is 0 Å². The minimum Gasteiger partial charge on any atom is -0.339 e. The highest BCUT2D eigenvalue weighted by molar-refractivity contribution is 7.88. The molecule has 2 N–H and O–H groups in total. The third kappa shape index (κ3) is 5.60. The van der Waals surface area contributed by atoms with Crippen LogP contribution in [0.2, 0.25) is 0 Å². The standard InChI is InChI=1S/C12H14F4N2O3S/c1-7(18-22(2,20)21)11(19)17-10(12(14,15)16)8-3-5-9(13)6-4-8/h3-7,10,18H,1-2H3,(H,17,19)/t7-,10+/m0/s1. The van der Waals surface area contributed by atoms with Gasteiger partial charge in [-0.15, -0.1) is 0 Å². The lowest BCUT2D eigenvalue weighted by molar-refractivity contribution is -0.163. The van der Waals surface area contributed by atoms with Gasteiger partial charge in [-0.1, -0.05) is 12.1 Å². The fourth-order valence-corrected chi connectivity index (χ4v) is 2.40. The first-order valence-corrected chi connectivity index (χ1v) is 7.89. The molecule has 0 heterocycles. The molecule has 1 aromatic rings. The van der Waals surface area contributed by atoms with Crippen molar-refractivity contribution in [3.63, 3.8) is 0 Å². The van der Waals surface area contributed by atoms with E-state index in [0.717, 1.165) is 37.4 Å². The molecular formula is C12H14F4N2O3S.